The number of amides is 1. The molecule has 2 aliphatic rings. The molecule has 246 valence electrons. The summed E-state index contributed by atoms with van der Waals surface area (Å²) in [6, 6.07) is 43.5. The Balaban J connectivity index is 0.000000168. The number of aryl methyl sites for hydroxylation is 4. The van der Waals surface area contributed by atoms with Crippen LogP contribution in [0.3, 0.4) is 0 Å². The molecule has 1 amide bonds. The van der Waals surface area contributed by atoms with Crippen LogP contribution >= 0.6 is 0 Å². The molecule has 2 nitrogen and oxygen atoms in total. The molecule has 1 fully saturated rings. The second-order valence-corrected chi connectivity index (χ2v) is 15.5. The van der Waals surface area contributed by atoms with Gasteiger partial charge >= 0.3 is 0 Å². The SMILES string of the molecule is Cc1ccc(C2(c3ccc(C)cc3)CC(C)CC(C)(C)C2)cc1.Cc1ccc(C2(c3ccc(C)cc3)c3ccccc3C(=O)N2C)cc1. The van der Waals surface area contributed by atoms with Crippen molar-refractivity contribution in [1.82, 2.24) is 4.90 Å². The molecule has 1 aliphatic carbocycles. The first-order valence-corrected chi connectivity index (χ1v) is 17.5. The predicted molar refractivity (Wildman–Crippen MR) is 201 cm³/mol. The first-order chi connectivity index (χ1) is 22.9. The van der Waals surface area contributed by atoms with E-state index in [0.717, 1.165) is 28.2 Å². The first kappa shape index (κ1) is 33.5. The summed E-state index contributed by atoms with van der Waals surface area (Å²) in [6.45, 7) is 15.8. The number of nitrogens with zero attached hydrogens (tertiary/aromatic N) is 1. The maximum absolute atomic E-state index is 13.0. The van der Waals surface area contributed by atoms with Gasteiger partial charge in [0.15, 0.2) is 0 Å². The van der Waals surface area contributed by atoms with Gasteiger partial charge in [-0.25, -0.2) is 0 Å². The molecule has 0 N–H and O–H groups in total. The van der Waals surface area contributed by atoms with Gasteiger partial charge in [0.2, 0.25) is 0 Å². The van der Waals surface area contributed by atoms with E-state index in [-0.39, 0.29) is 11.3 Å². The molecule has 0 radical (unpaired) electrons. The molecule has 5 aromatic carbocycles. The fraction of sp³-hybridized carbons (Fsp3) is 0.326. The van der Waals surface area contributed by atoms with Gasteiger partial charge in [-0.2, -0.15) is 0 Å². The summed E-state index contributed by atoms with van der Waals surface area (Å²) in [5.41, 5.74) is 12.1. The highest BCUT2D eigenvalue weighted by Gasteiger charge is 2.50. The van der Waals surface area contributed by atoms with Gasteiger partial charge in [-0.15, -0.1) is 0 Å². The molecule has 48 heavy (non-hydrogen) atoms. The van der Waals surface area contributed by atoms with E-state index in [1.807, 2.05) is 30.1 Å². The van der Waals surface area contributed by atoms with E-state index in [2.05, 4.69) is 152 Å². The standard InChI is InChI=1S/C23H21NO.C23H30/c1-16-8-12-18(13-9-16)23(19-14-10-17(2)11-15-19)21-7-5-4-6-20(21)22(25)24(23)3;1-17-6-10-20(11-7-17)23(21-12-8-18(2)9-13-21)15-19(3)14-22(4,5)16-23/h4-15H,1-3H3;6-13,19H,14-16H2,1-5H3. The first-order valence-electron chi connectivity index (χ1n) is 17.5. The number of rotatable bonds is 4. The minimum absolute atomic E-state index is 0.0664. The molecular weight excluding hydrogens is 583 g/mol. The molecular formula is C46H51NO. The minimum atomic E-state index is -0.588. The Bertz CT molecular complexity index is 1790. The van der Waals surface area contributed by atoms with Crippen LogP contribution in [-0.4, -0.2) is 17.9 Å². The number of carbonyl (C=O) groups excluding carboxylic acids is 1. The summed E-state index contributed by atoms with van der Waals surface area (Å²) in [5, 5.41) is 0. The zero-order valence-electron chi connectivity index (χ0n) is 30.1. The zero-order valence-corrected chi connectivity index (χ0v) is 30.1. The van der Waals surface area contributed by atoms with Crippen molar-refractivity contribution in [3.63, 3.8) is 0 Å². The Hall–Kier alpha value is -4.43. The lowest BCUT2D eigenvalue weighted by atomic mass is 9.55. The lowest BCUT2D eigenvalue weighted by molar-refractivity contribution is 0.0736. The van der Waals surface area contributed by atoms with Crippen LogP contribution in [0.15, 0.2) is 121 Å². The van der Waals surface area contributed by atoms with E-state index in [4.69, 9.17) is 0 Å². The Morgan fingerprint density at radius 3 is 1.38 bits per heavy atom. The highest BCUT2D eigenvalue weighted by Crippen LogP contribution is 2.53. The van der Waals surface area contributed by atoms with Crippen LogP contribution in [0, 0.1) is 39.0 Å². The van der Waals surface area contributed by atoms with Crippen LogP contribution in [0.2, 0.25) is 0 Å². The average molecular weight is 634 g/mol. The van der Waals surface area contributed by atoms with Crippen LogP contribution in [0.25, 0.3) is 0 Å². The van der Waals surface area contributed by atoms with Crippen molar-refractivity contribution in [2.75, 3.05) is 7.05 Å². The molecule has 1 atom stereocenters. The molecule has 1 aliphatic heterocycles. The van der Waals surface area contributed by atoms with Gasteiger partial charge in [0.05, 0.1) is 0 Å². The van der Waals surface area contributed by atoms with Gasteiger partial charge in [0, 0.05) is 18.0 Å². The summed E-state index contributed by atoms with van der Waals surface area (Å²) in [7, 11) is 1.90. The van der Waals surface area contributed by atoms with Crippen molar-refractivity contribution < 1.29 is 4.79 Å². The van der Waals surface area contributed by atoms with Gasteiger partial charge in [-0.05, 0) is 92.2 Å². The van der Waals surface area contributed by atoms with Crippen LogP contribution < -0.4 is 0 Å². The van der Waals surface area contributed by atoms with Crippen LogP contribution in [0.4, 0.5) is 0 Å². The summed E-state index contributed by atoms with van der Waals surface area (Å²) in [5.74, 6) is 0.818. The highest BCUT2D eigenvalue weighted by molar-refractivity contribution is 6.01. The second-order valence-electron chi connectivity index (χ2n) is 15.5. The molecule has 1 unspecified atom stereocenters. The van der Waals surface area contributed by atoms with E-state index in [9.17, 15) is 4.79 Å². The fourth-order valence-electron chi connectivity index (χ4n) is 8.88. The monoisotopic (exact) mass is 633 g/mol. The summed E-state index contributed by atoms with van der Waals surface area (Å²) < 4.78 is 0. The quantitative estimate of drug-likeness (QED) is 0.193. The largest absolute Gasteiger partial charge is 0.324 e. The fourth-order valence-corrected chi connectivity index (χ4v) is 8.88. The molecule has 0 aromatic heterocycles. The number of fused-ring (bicyclic) bond motifs is 1. The number of benzene rings is 5. The number of hydrogen-bond acceptors (Lipinski definition) is 1. The van der Waals surface area contributed by atoms with Crippen LogP contribution in [-0.2, 0) is 11.0 Å². The second kappa shape index (κ2) is 12.9. The molecule has 0 bridgehead atoms. The molecule has 2 heteroatoms. The average Bonchev–Trinajstić information content (AvgIpc) is 3.28. The van der Waals surface area contributed by atoms with Gasteiger partial charge < -0.3 is 4.90 Å². The Kier molecular flexibility index (Phi) is 8.98. The molecule has 7 rings (SSSR count). The normalized spacial score (nSPS) is 18.9. The lowest BCUT2D eigenvalue weighted by Crippen LogP contribution is -2.43. The smallest absolute Gasteiger partial charge is 0.255 e. The maximum atomic E-state index is 13.0. The maximum Gasteiger partial charge on any atom is 0.255 e. The highest BCUT2D eigenvalue weighted by atomic mass is 16.2. The lowest BCUT2D eigenvalue weighted by Gasteiger charge is -2.48. The van der Waals surface area contributed by atoms with E-state index >= 15 is 0 Å². The molecule has 0 saturated heterocycles. The number of carbonyl (C=O) groups is 1. The van der Waals surface area contributed by atoms with E-state index in [0.29, 0.717) is 5.41 Å². The van der Waals surface area contributed by atoms with E-state index < -0.39 is 5.54 Å². The predicted octanol–water partition coefficient (Wildman–Crippen LogP) is 11.1. The van der Waals surface area contributed by atoms with Crippen molar-refractivity contribution in [1.29, 1.82) is 0 Å². The summed E-state index contributed by atoms with van der Waals surface area (Å²) in [4.78, 5) is 14.9. The topological polar surface area (TPSA) is 20.3 Å². The Labute approximate surface area is 288 Å². The van der Waals surface area contributed by atoms with Crippen molar-refractivity contribution in [3.8, 4) is 0 Å². The molecule has 5 aromatic rings. The van der Waals surface area contributed by atoms with Crippen LogP contribution in [0.1, 0.15) is 100 Å². The molecule has 1 saturated carbocycles. The Morgan fingerprint density at radius 2 is 0.958 bits per heavy atom. The molecule has 0 spiro atoms. The van der Waals surface area contributed by atoms with Crippen molar-refractivity contribution >= 4 is 5.91 Å². The van der Waals surface area contributed by atoms with Crippen molar-refractivity contribution in [2.45, 2.75) is 78.7 Å². The minimum Gasteiger partial charge on any atom is -0.324 e. The van der Waals surface area contributed by atoms with E-state index in [1.165, 1.54) is 52.6 Å². The van der Waals surface area contributed by atoms with Crippen molar-refractivity contribution in [3.05, 3.63) is 177 Å². The van der Waals surface area contributed by atoms with Gasteiger partial charge in [0.1, 0.15) is 5.54 Å². The van der Waals surface area contributed by atoms with Gasteiger partial charge in [0.25, 0.3) is 5.91 Å². The zero-order chi connectivity index (χ0) is 34.3. The third kappa shape index (κ3) is 6.02. The third-order valence-corrected chi connectivity index (χ3v) is 10.9. The van der Waals surface area contributed by atoms with Crippen molar-refractivity contribution in [2.24, 2.45) is 11.3 Å². The van der Waals surface area contributed by atoms with E-state index in [1.54, 1.807) is 0 Å². The Morgan fingerprint density at radius 1 is 0.562 bits per heavy atom. The number of hydrogen-bond donors (Lipinski definition) is 0. The third-order valence-electron chi connectivity index (χ3n) is 10.9. The summed E-state index contributed by atoms with van der Waals surface area (Å²) >= 11 is 0. The molecule has 1 heterocycles. The summed E-state index contributed by atoms with van der Waals surface area (Å²) in [6.07, 6.45) is 3.81. The van der Waals surface area contributed by atoms with Gasteiger partial charge in [-0.3, -0.25) is 4.79 Å². The van der Waals surface area contributed by atoms with Gasteiger partial charge in [-0.1, -0.05) is 158 Å². The van der Waals surface area contributed by atoms with Crippen LogP contribution in [0.5, 0.6) is 0 Å².